The molecule has 0 saturated carbocycles. The van der Waals surface area contributed by atoms with Gasteiger partial charge in [-0.05, 0) is 106 Å². The average molecular weight is 1360 g/mol. The van der Waals surface area contributed by atoms with Gasteiger partial charge < -0.3 is 23.0 Å². The fraction of sp³-hybridized carbons (Fsp3) is 0.372. The first-order chi connectivity index (χ1) is 46.2. The predicted octanol–water partition coefficient (Wildman–Crippen LogP) is 15.9. The van der Waals surface area contributed by atoms with Crippen LogP contribution in [0.1, 0.15) is 135 Å². The van der Waals surface area contributed by atoms with Gasteiger partial charge in [0, 0.05) is 66.2 Å². The minimum Gasteiger partial charge on any atom is -0.407 e. The molecule has 0 aromatic heterocycles. The molecule has 0 spiro atoms. The molecule has 2 heterocycles. The van der Waals surface area contributed by atoms with Crippen molar-refractivity contribution >= 4 is 86.4 Å². The van der Waals surface area contributed by atoms with Gasteiger partial charge in [0.25, 0.3) is 33.3 Å². The van der Waals surface area contributed by atoms with Gasteiger partial charge in [-0.25, -0.2) is 0 Å². The normalized spacial score (nSPS) is 19.5. The summed E-state index contributed by atoms with van der Waals surface area (Å²) in [6.45, 7) is 39.7. The third kappa shape index (κ3) is 14.3. The average Bonchev–Trinajstić information content (AvgIpc) is 1.47. The van der Waals surface area contributed by atoms with E-state index in [4.69, 9.17) is 29.3 Å². The Morgan fingerprint density at radius 2 is 0.619 bits per heavy atom. The van der Waals surface area contributed by atoms with Crippen LogP contribution in [0.15, 0.2) is 272 Å². The number of nitrogens with zero attached hydrogens (tertiary/aromatic N) is 1. The quantitative estimate of drug-likeness (QED) is 0.0410. The Morgan fingerprint density at radius 3 is 0.876 bits per heavy atom. The Hall–Kier alpha value is -6.91. The van der Waals surface area contributed by atoms with Crippen molar-refractivity contribution in [1.82, 2.24) is 5.32 Å². The molecule has 1 fully saturated rings. The highest BCUT2D eigenvalue weighted by atomic mass is 28.4. The van der Waals surface area contributed by atoms with Crippen molar-refractivity contribution in [3.8, 4) is 0 Å². The third-order valence-corrected chi connectivity index (χ3v) is 41.9. The lowest BCUT2D eigenvalue weighted by Crippen LogP contribution is -2.66. The maximum atomic E-state index is 15.5. The number of rotatable bonds is 27. The fourth-order valence-corrected chi connectivity index (χ4v) is 35.0. The van der Waals surface area contributed by atoms with Crippen LogP contribution in [0.25, 0.3) is 0 Å². The summed E-state index contributed by atoms with van der Waals surface area (Å²) in [4.78, 5) is 21.1. The van der Waals surface area contributed by atoms with E-state index in [1.807, 2.05) is 0 Å². The third-order valence-electron chi connectivity index (χ3n) is 21.8. The Kier molecular flexibility index (Phi) is 22.4. The summed E-state index contributed by atoms with van der Waals surface area (Å²) in [7, 11) is -11.6. The van der Waals surface area contributed by atoms with Crippen LogP contribution in [-0.2, 0) is 22.5 Å². The molecule has 0 bridgehead atoms. The van der Waals surface area contributed by atoms with Gasteiger partial charge in [0.15, 0.2) is 0 Å². The molecule has 1 saturated heterocycles. The first-order valence-electron chi connectivity index (χ1n) is 35.5. The number of carbonyl (C=O) groups is 1. The maximum Gasteiger partial charge on any atom is 0.261 e. The summed E-state index contributed by atoms with van der Waals surface area (Å²) >= 11 is 0. The summed E-state index contributed by atoms with van der Waals surface area (Å²) in [6, 6.07) is 87.3. The largest absolute Gasteiger partial charge is 0.407 e. The molecule has 2 aliphatic heterocycles. The monoisotopic (exact) mass is 1360 g/mol. The minimum absolute atomic E-state index is 0.0267. The first-order valence-corrected chi connectivity index (χ1v) is 43.2. The van der Waals surface area contributed by atoms with Crippen LogP contribution in [0.5, 0.6) is 0 Å². The van der Waals surface area contributed by atoms with Gasteiger partial charge >= 0.3 is 0 Å². The molecule has 10 rings (SSSR count). The van der Waals surface area contributed by atoms with Crippen molar-refractivity contribution in [3.63, 3.8) is 0 Å². The molecule has 8 aromatic rings. The Bertz CT molecular complexity index is 3770. The summed E-state index contributed by atoms with van der Waals surface area (Å²) in [5.41, 5.74) is 1.45. The van der Waals surface area contributed by atoms with Crippen LogP contribution >= 0.6 is 0 Å². The van der Waals surface area contributed by atoms with E-state index in [9.17, 15) is 0 Å². The Labute approximate surface area is 586 Å². The summed E-state index contributed by atoms with van der Waals surface area (Å²) in [6.07, 6.45) is 6.42. The number of benzene rings is 8. The predicted molar refractivity (Wildman–Crippen MR) is 418 cm³/mol. The highest BCUT2D eigenvalue weighted by molar-refractivity contribution is 7.01. The van der Waals surface area contributed by atoms with Crippen molar-refractivity contribution in [2.24, 2.45) is 27.7 Å². The molecule has 11 heteroatoms. The number of amides is 1. The molecular weight excluding hydrogens is 1250 g/mol. The topological polar surface area (TPSA) is 78.4 Å². The zero-order valence-electron chi connectivity index (χ0n) is 60.6. The van der Waals surface area contributed by atoms with Gasteiger partial charge in [-0.3, -0.25) is 9.79 Å². The van der Waals surface area contributed by atoms with Gasteiger partial charge in [0.1, 0.15) is 0 Å². The number of aliphatic imine (C=N–C) groups is 1. The molecule has 1 N–H and O–H groups in total. The lowest BCUT2D eigenvalue weighted by molar-refractivity contribution is -0.124. The van der Waals surface area contributed by atoms with E-state index >= 15 is 4.79 Å². The van der Waals surface area contributed by atoms with Gasteiger partial charge in [-0.1, -0.05) is 346 Å². The maximum absolute atomic E-state index is 15.5. The molecule has 8 aromatic carbocycles. The lowest BCUT2D eigenvalue weighted by Gasteiger charge is -2.44. The van der Waals surface area contributed by atoms with Crippen LogP contribution in [0, 0.1) is 22.7 Å². The van der Waals surface area contributed by atoms with Crippen LogP contribution < -0.4 is 46.8 Å². The SMILES string of the molecule is C=C1N=C(/C=C2\NC(=O)[C@@H](CCCO[Si](c3ccccc3)(c3ccccc3)C(C)(C)C)[C@]2(C)CCO[Si](c2ccccc2)(c2ccccc2)C(C)(C)C)[C@@H](CCCO[Si](c2ccccc2)(c2ccccc2)C(C)(C)C)[C@]1(C)CCO[Si](c1ccccc1)(c1ccccc1)C(C)(C)C. The highest BCUT2D eigenvalue weighted by Gasteiger charge is 2.56. The summed E-state index contributed by atoms with van der Waals surface area (Å²) in [5, 5.41) is 12.8. The van der Waals surface area contributed by atoms with E-state index < -0.39 is 44.1 Å². The molecule has 0 radical (unpaired) electrons. The number of carbonyl (C=O) groups excluding carboxylic acids is 1. The van der Waals surface area contributed by atoms with E-state index in [-0.39, 0.29) is 37.9 Å². The first kappa shape index (κ1) is 72.8. The fourth-order valence-electron chi connectivity index (χ4n) is 16.7. The van der Waals surface area contributed by atoms with Crippen LogP contribution in [-0.4, -0.2) is 71.3 Å². The van der Waals surface area contributed by atoms with Crippen molar-refractivity contribution < 1.29 is 22.5 Å². The van der Waals surface area contributed by atoms with E-state index in [0.29, 0.717) is 52.1 Å². The van der Waals surface area contributed by atoms with Gasteiger partial charge in [-0.2, -0.15) is 0 Å². The van der Waals surface area contributed by atoms with E-state index in [1.165, 1.54) is 41.5 Å². The van der Waals surface area contributed by atoms with Crippen LogP contribution in [0.4, 0.5) is 0 Å². The number of hydrogen-bond donors (Lipinski definition) is 1. The van der Waals surface area contributed by atoms with Crippen molar-refractivity contribution in [1.29, 1.82) is 0 Å². The smallest absolute Gasteiger partial charge is 0.261 e. The standard InChI is InChI=1S/C86H108N2O5Si4/c1-67-85(14,60-64-92-96(83(8,9)10,72-50-32-20-33-51-72)73-52-34-21-35-53-73)76(58-40-62-90-94(81(2,3)4,68-42-24-16-25-43-68)69-44-26-17-27-45-69)78(87-67)66-79-86(15,61-65-93-97(84(11,12)13,74-54-36-22-37-55-74)75-56-38-23-39-57-75)77(80(89)88-79)59-41-63-91-95(82(5,6)7,70-46-28-18-29-47-70)71-48-30-19-31-49-71/h16-39,42-57,66,76-77H,1,40-41,58-65H2,2-15H3,(H,88,89)/b79-66-/t76-,77-,85-,86+/m1/s1. The van der Waals surface area contributed by atoms with E-state index in [0.717, 1.165) is 29.9 Å². The minimum atomic E-state index is -2.99. The second kappa shape index (κ2) is 29.9. The molecular formula is C86H108N2O5Si4. The van der Waals surface area contributed by atoms with E-state index in [2.05, 4.69) is 351 Å². The molecule has 0 aliphatic carbocycles. The number of nitrogens with one attached hydrogen (secondary N) is 1. The molecule has 1 amide bonds. The Balaban J connectivity index is 1.04. The molecule has 2 aliphatic rings. The van der Waals surface area contributed by atoms with Gasteiger partial charge in [0.05, 0.1) is 0 Å². The number of allylic oxidation sites excluding steroid dienone is 3. The molecule has 4 atom stereocenters. The van der Waals surface area contributed by atoms with E-state index in [1.54, 1.807) is 0 Å². The molecule has 97 heavy (non-hydrogen) atoms. The molecule has 7 nitrogen and oxygen atoms in total. The lowest BCUT2D eigenvalue weighted by atomic mass is 9.69. The molecule has 0 unspecified atom stereocenters. The number of hydrogen-bond acceptors (Lipinski definition) is 6. The van der Waals surface area contributed by atoms with Crippen molar-refractivity contribution in [2.45, 2.75) is 156 Å². The summed E-state index contributed by atoms with van der Waals surface area (Å²) in [5.74, 6) is -0.454. The summed E-state index contributed by atoms with van der Waals surface area (Å²) < 4.78 is 30.8. The van der Waals surface area contributed by atoms with Gasteiger partial charge in [0.2, 0.25) is 5.91 Å². The van der Waals surface area contributed by atoms with Gasteiger partial charge in [-0.15, -0.1) is 0 Å². The van der Waals surface area contributed by atoms with Crippen molar-refractivity contribution in [2.75, 3.05) is 26.4 Å². The van der Waals surface area contributed by atoms with Crippen LogP contribution in [0.2, 0.25) is 20.2 Å². The zero-order valence-corrected chi connectivity index (χ0v) is 64.6. The second-order valence-corrected chi connectivity index (χ2v) is 49.0. The van der Waals surface area contributed by atoms with Crippen molar-refractivity contribution in [3.05, 3.63) is 267 Å². The Morgan fingerprint density at radius 1 is 0.381 bits per heavy atom. The second-order valence-electron chi connectivity index (χ2n) is 31.8. The highest BCUT2D eigenvalue weighted by Crippen LogP contribution is 2.52. The zero-order chi connectivity index (χ0) is 69.4. The molecule has 508 valence electrons. The van der Waals surface area contributed by atoms with Crippen LogP contribution in [0.3, 0.4) is 0 Å².